The van der Waals surface area contributed by atoms with Crippen molar-refractivity contribution in [3.63, 3.8) is 0 Å². The maximum atomic E-state index is 4.46. The Hall–Kier alpha value is -0.810. The molecule has 1 N–H and O–H groups in total. The standard InChI is InChI=1S/C14H19N3S2/c1-3-18-11-6-4-5-10(11)17-14-13-12(15-8-16-14)9(2)7-19-13/h7-8,10-11H,3-6H2,1-2H3,(H,15,16,17). The highest BCUT2D eigenvalue weighted by atomic mass is 32.2. The van der Waals surface area contributed by atoms with Gasteiger partial charge in [-0.05, 0) is 36.5 Å². The zero-order valence-electron chi connectivity index (χ0n) is 11.3. The minimum Gasteiger partial charge on any atom is -0.365 e. The molecule has 5 heteroatoms. The number of aryl methyl sites for hydroxylation is 1. The average molecular weight is 293 g/mol. The van der Waals surface area contributed by atoms with Gasteiger partial charge in [-0.25, -0.2) is 9.97 Å². The summed E-state index contributed by atoms with van der Waals surface area (Å²) in [7, 11) is 0. The van der Waals surface area contributed by atoms with E-state index in [0.717, 1.165) is 16.6 Å². The Kier molecular flexibility index (Phi) is 3.93. The minimum absolute atomic E-state index is 0.561. The van der Waals surface area contributed by atoms with Crippen molar-refractivity contribution in [2.75, 3.05) is 11.1 Å². The number of anilines is 1. The van der Waals surface area contributed by atoms with Crippen molar-refractivity contribution < 1.29 is 0 Å². The van der Waals surface area contributed by atoms with Gasteiger partial charge in [-0.2, -0.15) is 11.8 Å². The molecule has 1 fully saturated rings. The van der Waals surface area contributed by atoms with E-state index >= 15 is 0 Å². The van der Waals surface area contributed by atoms with Crippen LogP contribution in [0.4, 0.5) is 5.82 Å². The van der Waals surface area contributed by atoms with Crippen molar-refractivity contribution in [1.29, 1.82) is 0 Å². The van der Waals surface area contributed by atoms with Gasteiger partial charge in [-0.1, -0.05) is 13.3 Å². The van der Waals surface area contributed by atoms with Gasteiger partial charge < -0.3 is 5.32 Å². The van der Waals surface area contributed by atoms with Crippen molar-refractivity contribution in [3.05, 3.63) is 17.3 Å². The summed E-state index contributed by atoms with van der Waals surface area (Å²) in [4.78, 5) is 8.84. The normalized spacial score (nSPS) is 23.1. The predicted octanol–water partition coefficient (Wildman–Crippen LogP) is 4.09. The molecule has 0 saturated heterocycles. The number of thiophene rings is 1. The number of thioether (sulfide) groups is 1. The van der Waals surface area contributed by atoms with Crippen LogP contribution in [0.5, 0.6) is 0 Å². The second kappa shape index (κ2) is 5.67. The SMILES string of the molecule is CCSC1CCCC1Nc1ncnc2c(C)csc12. The maximum absolute atomic E-state index is 4.46. The smallest absolute Gasteiger partial charge is 0.147 e. The third-order valence-electron chi connectivity index (χ3n) is 3.69. The summed E-state index contributed by atoms with van der Waals surface area (Å²) >= 11 is 3.82. The number of rotatable bonds is 4. The van der Waals surface area contributed by atoms with Gasteiger partial charge in [0, 0.05) is 11.3 Å². The van der Waals surface area contributed by atoms with Crippen LogP contribution < -0.4 is 5.32 Å². The summed E-state index contributed by atoms with van der Waals surface area (Å²) in [5, 5.41) is 6.57. The van der Waals surface area contributed by atoms with Crippen LogP contribution in [-0.4, -0.2) is 27.0 Å². The quantitative estimate of drug-likeness (QED) is 0.921. The molecule has 1 aliphatic rings. The van der Waals surface area contributed by atoms with Crippen molar-refractivity contribution >= 4 is 39.1 Å². The van der Waals surface area contributed by atoms with Crippen LogP contribution >= 0.6 is 23.1 Å². The van der Waals surface area contributed by atoms with E-state index in [2.05, 4.69) is 46.3 Å². The van der Waals surface area contributed by atoms with Crippen LogP contribution in [0.25, 0.3) is 10.2 Å². The first-order chi connectivity index (χ1) is 9.29. The van der Waals surface area contributed by atoms with Crippen LogP contribution in [0, 0.1) is 6.92 Å². The van der Waals surface area contributed by atoms with Gasteiger partial charge in [0.25, 0.3) is 0 Å². The second-order valence-corrected chi connectivity index (χ2v) is 7.39. The minimum atomic E-state index is 0.561. The van der Waals surface area contributed by atoms with Gasteiger partial charge in [0.15, 0.2) is 0 Å². The molecule has 2 unspecified atom stereocenters. The number of fused-ring (bicyclic) bond motifs is 1. The highest BCUT2D eigenvalue weighted by Gasteiger charge is 2.27. The fraction of sp³-hybridized carbons (Fsp3) is 0.571. The highest BCUT2D eigenvalue weighted by molar-refractivity contribution is 7.99. The Balaban J connectivity index is 1.85. The van der Waals surface area contributed by atoms with Crippen molar-refractivity contribution in [3.8, 4) is 0 Å². The number of nitrogens with one attached hydrogen (secondary N) is 1. The fourth-order valence-corrected chi connectivity index (χ4v) is 4.91. The molecule has 19 heavy (non-hydrogen) atoms. The monoisotopic (exact) mass is 293 g/mol. The molecule has 0 aliphatic heterocycles. The van der Waals surface area contributed by atoms with E-state index in [1.807, 2.05) is 0 Å². The number of hydrogen-bond donors (Lipinski definition) is 1. The molecular weight excluding hydrogens is 274 g/mol. The molecule has 2 aromatic rings. The molecule has 2 atom stereocenters. The molecular formula is C14H19N3S2. The summed E-state index contributed by atoms with van der Waals surface area (Å²) in [6.45, 7) is 4.35. The third kappa shape index (κ3) is 2.58. The molecule has 1 aliphatic carbocycles. The lowest BCUT2D eigenvalue weighted by atomic mass is 10.2. The first-order valence-electron chi connectivity index (χ1n) is 6.86. The zero-order valence-corrected chi connectivity index (χ0v) is 13.0. The first kappa shape index (κ1) is 13.2. The van der Waals surface area contributed by atoms with Gasteiger partial charge in [0.2, 0.25) is 0 Å². The summed E-state index contributed by atoms with van der Waals surface area (Å²) < 4.78 is 1.20. The molecule has 0 radical (unpaired) electrons. The van der Waals surface area contributed by atoms with Crippen molar-refractivity contribution in [2.45, 2.75) is 44.4 Å². The summed E-state index contributed by atoms with van der Waals surface area (Å²) in [6.07, 6.45) is 5.59. The third-order valence-corrected chi connectivity index (χ3v) is 6.11. The zero-order chi connectivity index (χ0) is 13.2. The topological polar surface area (TPSA) is 37.8 Å². The van der Waals surface area contributed by atoms with E-state index in [4.69, 9.17) is 0 Å². The maximum Gasteiger partial charge on any atom is 0.147 e. The molecule has 0 aromatic carbocycles. The molecule has 0 bridgehead atoms. The van der Waals surface area contributed by atoms with Gasteiger partial charge >= 0.3 is 0 Å². The number of hydrogen-bond acceptors (Lipinski definition) is 5. The molecule has 2 heterocycles. The Morgan fingerprint density at radius 3 is 3.16 bits per heavy atom. The molecule has 102 valence electrons. The van der Waals surface area contributed by atoms with Crippen molar-refractivity contribution in [1.82, 2.24) is 9.97 Å². The summed E-state index contributed by atoms with van der Waals surface area (Å²) in [5.41, 5.74) is 2.34. The Labute approximate surface area is 122 Å². The van der Waals surface area contributed by atoms with Crippen LogP contribution in [0.1, 0.15) is 31.7 Å². The van der Waals surface area contributed by atoms with E-state index in [1.54, 1.807) is 17.7 Å². The molecule has 3 rings (SSSR count). The first-order valence-corrected chi connectivity index (χ1v) is 8.79. The van der Waals surface area contributed by atoms with Gasteiger partial charge in [-0.15, -0.1) is 11.3 Å². The molecule has 0 spiro atoms. The Bertz CT molecular complexity index is 567. The van der Waals surface area contributed by atoms with Gasteiger partial charge in [-0.3, -0.25) is 0 Å². The Morgan fingerprint density at radius 2 is 2.32 bits per heavy atom. The van der Waals surface area contributed by atoms with Gasteiger partial charge in [0.1, 0.15) is 12.1 Å². The number of aromatic nitrogens is 2. The van der Waals surface area contributed by atoms with Crippen molar-refractivity contribution in [2.24, 2.45) is 0 Å². The van der Waals surface area contributed by atoms with Gasteiger partial charge in [0.05, 0.1) is 10.2 Å². The highest BCUT2D eigenvalue weighted by Crippen LogP contribution is 2.34. The molecule has 0 amide bonds. The molecule has 3 nitrogen and oxygen atoms in total. The lowest BCUT2D eigenvalue weighted by Gasteiger charge is -2.20. The number of nitrogens with zero attached hydrogens (tertiary/aromatic N) is 2. The second-order valence-electron chi connectivity index (χ2n) is 4.99. The van der Waals surface area contributed by atoms with E-state index in [9.17, 15) is 0 Å². The summed E-state index contributed by atoms with van der Waals surface area (Å²) in [5.74, 6) is 2.22. The summed E-state index contributed by atoms with van der Waals surface area (Å²) in [6, 6.07) is 0.561. The predicted molar refractivity (Wildman–Crippen MR) is 85.3 cm³/mol. The van der Waals surface area contributed by atoms with Crippen LogP contribution in [0.15, 0.2) is 11.7 Å². The van der Waals surface area contributed by atoms with E-state index in [1.165, 1.54) is 35.3 Å². The van der Waals surface area contributed by atoms with E-state index in [-0.39, 0.29) is 0 Å². The average Bonchev–Trinajstić information content (AvgIpc) is 2.99. The van der Waals surface area contributed by atoms with E-state index < -0.39 is 0 Å². The molecule has 1 saturated carbocycles. The van der Waals surface area contributed by atoms with Crippen LogP contribution in [0.2, 0.25) is 0 Å². The van der Waals surface area contributed by atoms with Crippen LogP contribution in [0.3, 0.4) is 0 Å². The Morgan fingerprint density at radius 1 is 1.42 bits per heavy atom. The lowest BCUT2D eigenvalue weighted by molar-refractivity contribution is 0.764. The largest absolute Gasteiger partial charge is 0.365 e. The lowest BCUT2D eigenvalue weighted by Crippen LogP contribution is -2.26. The molecule has 2 aromatic heterocycles. The van der Waals surface area contributed by atoms with Crippen LogP contribution in [-0.2, 0) is 0 Å². The fourth-order valence-electron chi connectivity index (χ4n) is 2.75. The van der Waals surface area contributed by atoms with E-state index in [0.29, 0.717) is 6.04 Å².